The van der Waals surface area contributed by atoms with E-state index in [-0.39, 0.29) is 0 Å². The minimum Gasteiger partial charge on any atom is -0.305 e. The summed E-state index contributed by atoms with van der Waals surface area (Å²) >= 11 is 0. The lowest BCUT2D eigenvalue weighted by molar-refractivity contribution is 0.964. The summed E-state index contributed by atoms with van der Waals surface area (Å²) in [4.78, 5) is 11.6. The number of aromatic nitrogens is 6. The lowest BCUT2D eigenvalue weighted by Gasteiger charge is -2.27. The first-order chi connectivity index (χ1) is 42.7. The first-order valence-corrected chi connectivity index (χ1v) is 29.5. The van der Waals surface area contributed by atoms with E-state index in [4.69, 9.17) is 9.97 Å². The van der Waals surface area contributed by atoms with E-state index in [1.165, 1.54) is 0 Å². The quantitative estimate of drug-likeness (QED) is 0.167. The molecule has 19 rings (SSSR count). The van der Waals surface area contributed by atoms with Crippen molar-refractivity contribution in [1.29, 1.82) is 0 Å². The van der Waals surface area contributed by atoms with E-state index in [2.05, 4.69) is 297 Å². The molecular weight excluding hydrogens is 1040 g/mol. The number of benzene rings is 13. The molecule has 0 amide bonds. The van der Waals surface area contributed by atoms with Gasteiger partial charge in [0.05, 0.1) is 49.8 Å². The Hall–Kier alpha value is -11.6. The second-order valence-electron chi connectivity index (χ2n) is 22.8. The number of hydrogen-bond acceptors (Lipinski definition) is 2. The summed E-state index contributed by atoms with van der Waals surface area (Å²) in [5.74, 6) is 1.59. The predicted octanol–water partition coefficient (Wildman–Crippen LogP) is 20.8. The van der Waals surface area contributed by atoms with Gasteiger partial charge in [-0.25, -0.2) is 4.98 Å². The predicted molar refractivity (Wildman–Crippen MR) is 360 cm³/mol. The summed E-state index contributed by atoms with van der Waals surface area (Å²) in [7, 11) is 0. The normalized spacial score (nSPS) is 12.2. The highest BCUT2D eigenvalue weighted by atomic mass is 15.2. The van der Waals surface area contributed by atoms with Crippen LogP contribution in [0.5, 0.6) is 0 Å². The number of para-hydroxylation sites is 4. The second-order valence-corrected chi connectivity index (χ2v) is 22.8. The van der Waals surface area contributed by atoms with Crippen molar-refractivity contribution in [2.75, 3.05) is 0 Å². The first-order valence-electron chi connectivity index (χ1n) is 29.5. The maximum absolute atomic E-state index is 6.70. The van der Waals surface area contributed by atoms with E-state index in [9.17, 15) is 0 Å². The van der Waals surface area contributed by atoms with Crippen molar-refractivity contribution >= 4 is 130 Å². The average molecular weight is 1090 g/mol. The Morgan fingerprint density at radius 3 is 0.884 bits per heavy atom. The van der Waals surface area contributed by atoms with Crippen LogP contribution in [0.1, 0.15) is 0 Å². The van der Waals surface area contributed by atoms with Crippen LogP contribution in [0.2, 0.25) is 0 Å². The largest absolute Gasteiger partial charge is 0.305 e. The van der Waals surface area contributed by atoms with Crippen LogP contribution < -0.4 is 0 Å². The van der Waals surface area contributed by atoms with Crippen LogP contribution in [0, 0.1) is 0 Å². The smallest absolute Gasteiger partial charge is 0.165 e. The van der Waals surface area contributed by atoms with Gasteiger partial charge in [0.25, 0.3) is 0 Å². The highest BCUT2D eigenvalue weighted by Gasteiger charge is 2.34. The molecule has 0 fully saturated rings. The number of pyridine rings is 2. The van der Waals surface area contributed by atoms with Crippen molar-refractivity contribution in [3.63, 3.8) is 0 Å². The molecule has 6 heteroatoms. The molecule has 0 spiro atoms. The minimum absolute atomic E-state index is 0.794. The van der Waals surface area contributed by atoms with Crippen LogP contribution in [0.3, 0.4) is 0 Å². The Morgan fingerprint density at radius 1 is 0.221 bits per heavy atom. The number of hydrogen-bond donors (Lipinski definition) is 0. The molecule has 6 aromatic heterocycles. The zero-order valence-electron chi connectivity index (χ0n) is 46.4. The van der Waals surface area contributed by atoms with E-state index in [0.717, 1.165) is 176 Å². The Bertz CT molecular complexity index is 5750. The summed E-state index contributed by atoms with van der Waals surface area (Å²) in [5.41, 5.74) is 14.5. The Labute approximate surface area is 492 Å². The molecule has 0 aliphatic carbocycles. The van der Waals surface area contributed by atoms with Crippen LogP contribution in [-0.4, -0.2) is 28.2 Å². The summed E-state index contributed by atoms with van der Waals surface area (Å²) in [5, 5.41) is 18.5. The van der Waals surface area contributed by atoms with Crippen molar-refractivity contribution in [2.45, 2.75) is 0 Å². The number of nitrogens with zero attached hydrogens (tertiary/aromatic N) is 6. The number of rotatable bonds is 6. The monoisotopic (exact) mass is 1090 g/mol. The maximum atomic E-state index is 6.70. The molecule has 398 valence electrons. The molecule has 6 nitrogen and oxygen atoms in total. The summed E-state index contributed by atoms with van der Waals surface area (Å²) in [6.45, 7) is 0. The van der Waals surface area contributed by atoms with Gasteiger partial charge in [0.15, 0.2) is 11.6 Å². The van der Waals surface area contributed by atoms with Gasteiger partial charge in [-0.2, -0.15) is 0 Å². The molecule has 0 aliphatic rings. The molecule has 0 N–H and O–H groups in total. The molecule has 13 aromatic carbocycles. The lowest BCUT2D eigenvalue weighted by Crippen LogP contribution is -2.16. The topological polar surface area (TPSA) is 45.5 Å². The molecule has 6 heterocycles. The van der Waals surface area contributed by atoms with Gasteiger partial charge in [-0.1, -0.05) is 249 Å². The van der Waals surface area contributed by atoms with Gasteiger partial charge in [-0.15, -0.1) is 0 Å². The third kappa shape index (κ3) is 6.49. The van der Waals surface area contributed by atoms with Gasteiger partial charge >= 0.3 is 0 Å². The Balaban J connectivity index is 1.16. The fourth-order valence-corrected chi connectivity index (χ4v) is 14.7. The third-order valence-corrected chi connectivity index (χ3v) is 18.4. The molecule has 0 aliphatic heterocycles. The molecule has 0 saturated heterocycles. The van der Waals surface area contributed by atoms with Crippen LogP contribution in [0.4, 0.5) is 0 Å². The summed E-state index contributed by atoms with van der Waals surface area (Å²) < 4.78 is 10.2. The fourth-order valence-electron chi connectivity index (χ4n) is 14.7. The van der Waals surface area contributed by atoms with Gasteiger partial charge in [-0.3, -0.25) is 14.1 Å². The molecule has 0 radical (unpaired) electrons. The molecule has 0 bridgehead atoms. The SMILES string of the molecule is c1ccc(-c2ccc(-c3c(-n4c5ccccc5c5ccc6ccccc6c54)c(-n4c5ccccc5c5ccc6ccccc6c54)nc(-n4c5ccccc5c5ccc6ccccc6c54)c3-n3c4ccccc4c4ccc5ccccc5c43)cc2)nc1. The summed E-state index contributed by atoms with van der Waals surface area (Å²) in [6.07, 6.45) is 1.88. The van der Waals surface area contributed by atoms with Gasteiger partial charge in [-0.05, 0) is 63.5 Å². The van der Waals surface area contributed by atoms with Crippen molar-refractivity contribution in [1.82, 2.24) is 28.2 Å². The standard InChI is InChI=1S/C80H48N6/c1-5-23-55-49(19-1)40-44-63-59-27-9-13-32-68(59)83(73(55)63)77-72(54-38-36-53(37-39-54)67-31-17-18-48-81-67)78(84-69-33-14-10-28-60(69)64-45-41-50-20-2-6-24-56(50)74(64)84)80(86-71-35-16-12-30-62(71)66-47-43-52-22-4-8-26-58(52)76(66)86)82-79(77)85-70-34-15-11-29-61(70)65-46-42-51-21-3-7-25-57(51)75(65)85/h1-48H. The minimum atomic E-state index is 0.794. The van der Waals surface area contributed by atoms with Gasteiger partial charge in [0, 0.05) is 82.0 Å². The average Bonchev–Trinajstić information content (AvgIpc) is 1.55. The molecule has 0 saturated carbocycles. The zero-order chi connectivity index (χ0) is 56.1. The van der Waals surface area contributed by atoms with Crippen molar-refractivity contribution in [2.24, 2.45) is 0 Å². The Morgan fingerprint density at radius 2 is 0.523 bits per heavy atom. The van der Waals surface area contributed by atoms with Crippen molar-refractivity contribution in [3.05, 3.63) is 291 Å². The lowest BCUT2D eigenvalue weighted by atomic mass is 9.98. The zero-order valence-corrected chi connectivity index (χ0v) is 46.4. The van der Waals surface area contributed by atoms with E-state index in [1.807, 2.05) is 12.3 Å². The molecular formula is C80H48N6. The number of fused-ring (bicyclic) bond motifs is 20. The van der Waals surface area contributed by atoms with E-state index in [1.54, 1.807) is 0 Å². The van der Waals surface area contributed by atoms with Crippen LogP contribution in [0.25, 0.3) is 176 Å². The Kier molecular flexibility index (Phi) is 9.80. The third-order valence-electron chi connectivity index (χ3n) is 18.4. The highest BCUT2D eigenvalue weighted by molar-refractivity contribution is 6.24. The van der Waals surface area contributed by atoms with E-state index < -0.39 is 0 Å². The van der Waals surface area contributed by atoms with Gasteiger partial charge in [0.2, 0.25) is 0 Å². The first kappa shape index (κ1) is 46.9. The second kappa shape index (κ2) is 18.0. The molecule has 86 heavy (non-hydrogen) atoms. The molecule has 19 aromatic rings. The maximum Gasteiger partial charge on any atom is 0.165 e. The van der Waals surface area contributed by atoms with Gasteiger partial charge in [0.1, 0.15) is 11.4 Å². The van der Waals surface area contributed by atoms with E-state index in [0.29, 0.717) is 0 Å². The van der Waals surface area contributed by atoms with E-state index >= 15 is 0 Å². The van der Waals surface area contributed by atoms with Crippen LogP contribution >= 0.6 is 0 Å². The van der Waals surface area contributed by atoms with Crippen LogP contribution in [0.15, 0.2) is 291 Å². The van der Waals surface area contributed by atoms with Crippen LogP contribution in [-0.2, 0) is 0 Å². The van der Waals surface area contributed by atoms with Crippen molar-refractivity contribution < 1.29 is 0 Å². The van der Waals surface area contributed by atoms with Gasteiger partial charge < -0.3 is 9.13 Å². The highest BCUT2D eigenvalue weighted by Crippen LogP contribution is 2.51. The molecule has 0 atom stereocenters. The fraction of sp³-hybridized carbons (Fsp3) is 0. The summed E-state index contributed by atoms with van der Waals surface area (Å²) in [6, 6.07) is 105. The van der Waals surface area contributed by atoms with Crippen molar-refractivity contribution in [3.8, 4) is 45.4 Å². The molecule has 0 unspecified atom stereocenters.